The molecule has 0 radical (unpaired) electrons. The lowest BCUT2D eigenvalue weighted by Gasteiger charge is -2.22. The molecular weight excluding hydrogens is 338 g/mol. The maximum Gasteiger partial charge on any atom is 0.163 e. The molecule has 2 heterocycles. The second-order valence-electron chi connectivity index (χ2n) is 6.99. The van der Waals surface area contributed by atoms with Crippen molar-refractivity contribution in [3.8, 4) is 5.69 Å². The first-order valence-corrected chi connectivity index (χ1v) is 9.47. The van der Waals surface area contributed by atoms with Crippen molar-refractivity contribution in [1.82, 2.24) is 14.8 Å². The Morgan fingerprint density at radius 2 is 1.85 bits per heavy atom. The molecule has 0 bridgehead atoms. The third-order valence-electron chi connectivity index (χ3n) is 5.00. The van der Waals surface area contributed by atoms with Crippen LogP contribution in [0, 0.1) is 13.8 Å². The number of benzene rings is 2. The molecule has 1 aromatic heterocycles. The van der Waals surface area contributed by atoms with Crippen LogP contribution in [-0.2, 0) is 22.3 Å². The standard InChI is InChI=1S/C22H25N3O2/c1-16-8-10-19(14-17(16)2)25-22(20-15-26-12-13-27-20)23-21(24-25)11-9-18-6-4-3-5-7-18/h3-8,10,14,20H,9,11-13,15H2,1-2H3/t20-/m1/s1. The first kappa shape index (κ1) is 17.9. The quantitative estimate of drug-likeness (QED) is 0.693. The Balaban J connectivity index is 1.64. The number of hydrogen-bond acceptors (Lipinski definition) is 4. The van der Waals surface area contributed by atoms with Gasteiger partial charge in [-0.05, 0) is 49.1 Å². The van der Waals surface area contributed by atoms with Crippen LogP contribution in [0.3, 0.4) is 0 Å². The topological polar surface area (TPSA) is 49.2 Å². The van der Waals surface area contributed by atoms with Gasteiger partial charge in [-0.2, -0.15) is 5.10 Å². The minimum absolute atomic E-state index is 0.182. The van der Waals surface area contributed by atoms with Gasteiger partial charge < -0.3 is 9.47 Å². The van der Waals surface area contributed by atoms with Crippen molar-refractivity contribution in [1.29, 1.82) is 0 Å². The van der Waals surface area contributed by atoms with Crippen LogP contribution in [-0.4, -0.2) is 34.6 Å². The highest BCUT2D eigenvalue weighted by Crippen LogP contribution is 2.24. The van der Waals surface area contributed by atoms with Gasteiger partial charge in [0.2, 0.25) is 0 Å². The molecule has 3 aromatic rings. The Morgan fingerprint density at radius 3 is 2.59 bits per heavy atom. The van der Waals surface area contributed by atoms with Crippen LogP contribution in [0.1, 0.15) is 34.4 Å². The van der Waals surface area contributed by atoms with Crippen LogP contribution in [0.2, 0.25) is 0 Å². The molecule has 1 atom stereocenters. The van der Waals surface area contributed by atoms with E-state index in [-0.39, 0.29) is 6.10 Å². The summed E-state index contributed by atoms with van der Waals surface area (Å²) in [5.74, 6) is 1.65. The summed E-state index contributed by atoms with van der Waals surface area (Å²) >= 11 is 0. The fraction of sp³-hybridized carbons (Fsp3) is 0.364. The summed E-state index contributed by atoms with van der Waals surface area (Å²) in [5, 5.41) is 4.81. The Bertz CT molecular complexity index is 899. The summed E-state index contributed by atoms with van der Waals surface area (Å²) in [6, 6.07) is 16.8. The minimum atomic E-state index is -0.182. The molecule has 1 aliphatic heterocycles. The summed E-state index contributed by atoms with van der Waals surface area (Å²) in [5.41, 5.74) is 4.81. The van der Waals surface area contributed by atoms with E-state index < -0.39 is 0 Å². The molecule has 1 saturated heterocycles. The minimum Gasteiger partial charge on any atom is -0.376 e. The molecule has 0 amide bonds. The van der Waals surface area contributed by atoms with Crippen LogP contribution < -0.4 is 0 Å². The van der Waals surface area contributed by atoms with Crippen LogP contribution >= 0.6 is 0 Å². The van der Waals surface area contributed by atoms with Crippen LogP contribution in [0.25, 0.3) is 5.69 Å². The normalized spacial score (nSPS) is 17.2. The highest BCUT2D eigenvalue weighted by molar-refractivity contribution is 5.40. The average Bonchev–Trinajstić information content (AvgIpc) is 3.14. The number of rotatable bonds is 5. The summed E-state index contributed by atoms with van der Waals surface area (Å²) in [6.45, 7) is 5.97. The molecule has 2 aromatic carbocycles. The van der Waals surface area contributed by atoms with Crippen molar-refractivity contribution in [2.24, 2.45) is 0 Å². The second kappa shape index (κ2) is 8.03. The van der Waals surface area contributed by atoms with Gasteiger partial charge in [0.05, 0.1) is 25.5 Å². The Hall–Kier alpha value is -2.50. The zero-order valence-electron chi connectivity index (χ0n) is 15.9. The van der Waals surface area contributed by atoms with E-state index in [1.807, 2.05) is 10.7 Å². The second-order valence-corrected chi connectivity index (χ2v) is 6.99. The molecule has 140 valence electrons. The van der Waals surface area contributed by atoms with E-state index in [2.05, 4.69) is 56.3 Å². The van der Waals surface area contributed by atoms with Gasteiger partial charge in [0.1, 0.15) is 6.10 Å². The van der Waals surface area contributed by atoms with E-state index >= 15 is 0 Å². The smallest absolute Gasteiger partial charge is 0.163 e. The van der Waals surface area contributed by atoms with Crippen molar-refractivity contribution in [2.45, 2.75) is 32.8 Å². The Morgan fingerprint density at radius 1 is 1.00 bits per heavy atom. The highest BCUT2D eigenvalue weighted by atomic mass is 16.6. The molecule has 0 spiro atoms. The number of aromatic nitrogens is 3. The molecular formula is C22H25N3O2. The molecule has 5 nitrogen and oxygen atoms in total. The Kier molecular flexibility index (Phi) is 5.32. The van der Waals surface area contributed by atoms with E-state index in [9.17, 15) is 0 Å². The zero-order chi connectivity index (χ0) is 18.6. The predicted molar refractivity (Wildman–Crippen MR) is 104 cm³/mol. The SMILES string of the molecule is Cc1ccc(-n2nc(CCc3ccccc3)nc2[C@H]2COCCO2)cc1C. The van der Waals surface area contributed by atoms with Crippen LogP contribution in [0.5, 0.6) is 0 Å². The zero-order valence-corrected chi connectivity index (χ0v) is 15.9. The summed E-state index contributed by atoms with van der Waals surface area (Å²) in [7, 11) is 0. The number of aryl methyl sites for hydroxylation is 4. The third-order valence-corrected chi connectivity index (χ3v) is 5.00. The maximum absolute atomic E-state index is 5.91. The van der Waals surface area contributed by atoms with E-state index in [0.717, 1.165) is 30.2 Å². The molecule has 4 rings (SSSR count). The molecule has 5 heteroatoms. The molecule has 1 aliphatic rings. The van der Waals surface area contributed by atoms with E-state index in [0.29, 0.717) is 19.8 Å². The van der Waals surface area contributed by atoms with Crippen LogP contribution in [0.4, 0.5) is 0 Å². The average molecular weight is 363 g/mol. The maximum atomic E-state index is 5.91. The van der Waals surface area contributed by atoms with Gasteiger partial charge in [-0.3, -0.25) is 0 Å². The molecule has 0 aliphatic carbocycles. The van der Waals surface area contributed by atoms with Gasteiger partial charge in [0, 0.05) is 6.42 Å². The van der Waals surface area contributed by atoms with Gasteiger partial charge in [0.15, 0.2) is 11.6 Å². The van der Waals surface area contributed by atoms with Crippen molar-refractivity contribution < 1.29 is 9.47 Å². The molecule has 27 heavy (non-hydrogen) atoms. The number of hydrogen-bond donors (Lipinski definition) is 0. The van der Waals surface area contributed by atoms with Crippen molar-refractivity contribution in [2.75, 3.05) is 19.8 Å². The Labute approximate surface area is 160 Å². The fourth-order valence-electron chi connectivity index (χ4n) is 3.27. The van der Waals surface area contributed by atoms with Gasteiger partial charge >= 0.3 is 0 Å². The first-order chi connectivity index (χ1) is 13.2. The molecule has 0 saturated carbocycles. The lowest BCUT2D eigenvalue weighted by molar-refractivity contribution is -0.0942. The van der Waals surface area contributed by atoms with Crippen molar-refractivity contribution in [3.05, 3.63) is 76.9 Å². The molecule has 0 unspecified atom stereocenters. The molecule has 0 N–H and O–H groups in total. The monoisotopic (exact) mass is 363 g/mol. The van der Waals surface area contributed by atoms with Crippen molar-refractivity contribution in [3.63, 3.8) is 0 Å². The highest BCUT2D eigenvalue weighted by Gasteiger charge is 2.24. The fourth-order valence-corrected chi connectivity index (χ4v) is 3.27. The first-order valence-electron chi connectivity index (χ1n) is 9.47. The van der Waals surface area contributed by atoms with E-state index in [1.54, 1.807) is 0 Å². The lowest BCUT2D eigenvalue weighted by atomic mass is 10.1. The van der Waals surface area contributed by atoms with E-state index in [1.165, 1.54) is 16.7 Å². The predicted octanol–water partition coefficient (Wildman–Crippen LogP) is 3.76. The number of nitrogens with zero attached hydrogens (tertiary/aromatic N) is 3. The third kappa shape index (κ3) is 4.10. The summed E-state index contributed by atoms with van der Waals surface area (Å²) in [4.78, 5) is 4.82. The van der Waals surface area contributed by atoms with Gasteiger partial charge in [-0.15, -0.1) is 0 Å². The van der Waals surface area contributed by atoms with Gasteiger partial charge in [0.25, 0.3) is 0 Å². The van der Waals surface area contributed by atoms with Gasteiger partial charge in [-0.25, -0.2) is 9.67 Å². The summed E-state index contributed by atoms with van der Waals surface area (Å²) < 4.78 is 13.4. The van der Waals surface area contributed by atoms with Crippen molar-refractivity contribution >= 4 is 0 Å². The van der Waals surface area contributed by atoms with Crippen LogP contribution in [0.15, 0.2) is 48.5 Å². The summed E-state index contributed by atoms with van der Waals surface area (Å²) in [6.07, 6.45) is 1.53. The van der Waals surface area contributed by atoms with E-state index in [4.69, 9.17) is 19.6 Å². The lowest BCUT2D eigenvalue weighted by Crippen LogP contribution is -2.24. The number of ether oxygens (including phenoxy) is 2. The van der Waals surface area contributed by atoms with Gasteiger partial charge in [-0.1, -0.05) is 36.4 Å². The molecule has 1 fully saturated rings. The largest absolute Gasteiger partial charge is 0.376 e.